The fraction of sp³-hybridized carbons (Fsp3) is 0.304. The number of aromatic nitrogens is 2. The summed E-state index contributed by atoms with van der Waals surface area (Å²) in [7, 11) is 0. The molecule has 2 aromatic carbocycles. The van der Waals surface area contributed by atoms with E-state index in [2.05, 4.69) is 57.1 Å². The minimum Gasteiger partial charge on any atom is -0.368 e. The van der Waals surface area contributed by atoms with Crippen molar-refractivity contribution in [2.75, 3.05) is 41.3 Å². The Labute approximate surface area is 171 Å². The second kappa shape index (κ2) is 8.07. The monoisotopic (exact) mass is 391 g/mol. The lowest BCUT2D eigenvalue weighted by Crippen LogP contribution is -2.47. The molecule has 0 radical (unpaired) electrons. The predicted octanol–water partition coefficient (Wildman–Crippen LogP) is 4.61. The Morgan fingerprint density at radius 3 is 2.34 bits per heavy atom. The van der Waals surface area contributed by atoms with E-state index in [4.69, 9.17) is 0 Å². The Bertz CT molecular complexity index is 1010. The maximum atomic E-state index is 13.5. The van der Waals surface area contributed by atoms with Gasteiger partial charge >= 0.3 is 0 Å². The van der Waals surface area contributed by atoms with Crippen LogP contribution in [0.25, 0.3) is 0 Å². The van der Waals surface area contributed by atoms with E-state index >= 15 is 0 Å². The zero-order chi connectivity index (χ0) is 20.4. The third-order valence-electron chi connectivity index (χ3n) is 5.44. The van der Waals surface area contributed by atoms with Crippen LogP contribution in [0, 0.1) is 26.6 Å². The van der Waals surface area contributed by atoms with Gasteiger partial charge in [-0.25, -0.2) is 9.37 Å². The van der Waals surface area contributed by atoms with E-state index in [1.54, 1.807) is 12.1 Å². The van der Waals surface area contributed by atoms with Crippen molar-refractivity contribution in [2.45, 2.75) is 20.8 Å². The second-order valence-electron chi connectivity index (χ2n) is 7.52. The molecule has 5 nitrogen and oxygen atoms in total. The molecule has 0 bridgehead atoms. The first-order valence-corrected chi connectivity index (χ1v) is 9.94. The third kappa shape index (κ3) is 4.31. The number of halogens is 1. The molecule has 1 saturated heterocycles. The highest BCUT2D eigenvalue weighted by molar-refractivity contribution is 5.58. The van der Waals surface area contributed by atoms with E-state index in [-0.39, 0.29) is 5.82 Å². The number of nitrogens with one attached hydrogen (secondary N) is 1. The maximum Gasteiger partial charge on any atom is 0.229 e. The highest BCUT2D eigenvalue weighted by Crippen LogP contribution is 2.26. The van der Waals surface area contributed by atoms with Crippen LogP contribution in [-0.4, -0.2) is 36.1 Å². The van der Waals surface area contributed by atoms with Crippen LogP contribution in [-0.2, 0) is 0 Å². The normalized spacial score (nSPS) is 14.2. The summed E-state index contributed by atoms with van der Waals surface area (Å²) in [4.78, 5) is 13.9. The molecule has 0 atom stereocenters. The topological polar surface area (TPSA) is 44.3 Å². The van der Waals surface area contributed by atoms with Gasteiger partial charge in [0.1, 0.15) is 11.6 Å². The summed E-state index contributed by atoms with van der Waals surface area (Å²) in [6.45, 7) is 9.97. The Kier molecular flexibility index (Phi) is 5.34. The van der Waals surface area contributed by atoms with Gasteiger partial charge in [0.05, 0.1) is 0 Å². The molecule has 0 unspecified atom stereocenters. The molecule has 0 spiro atoms. The number of benzene rings is 2. The summed E-state index contributed by atoms with van der Waals surface area (Å²) in [5.41, 5.74) is 5.51. The van der Waals surface area contributed by atoms with E-state index in [1.165, 1.54) is 28.9 Å². The van der Waals surface area contributed by atoms with E-state index < -0.39 is 0 Å². The first-order valence-electron chi connectivity index (χ1n) is 9.94. The first-order chi connectivity index (χ1) is 14.0. The minimum atomic E-state index is -0.287. The lowest BCUT2D eigenvalue weighted by Gasteiger charge is -2.37. The average Bonchev–Trinajstić information content (AvgIpc) is 2.70. The Hall–Kier alpha value is -3.15. The van der Waals surface area contributed by atoms with Crippen molar-refractivity contribution in [1.29, 1.82) is 0 Å². The number of nitrogens with zero attached hydrogens (tertiary/aromatic N) is 4. The molecule has 29 heavy (non-hydrogen) atoms. The van der Waals surface area contributed by atoms with Gasteiger partial charge in [-0.15, -0.1) is 0 Å². The molecular weight excluding hydrogens is 365 g/mol. The summed E-state index contributed by atoms with van der Waals surface area (Å²) in [6.07, 6.45) is 0. The zero-order valence-corrected chi connectivity index (χ0v) is 17.1. The highest BCUT2D eigenvalue weighted by atomic mass is 19.1. The quantitative estimate of drug-likeness (QED) is 0.704. The fourth-order valence-corrected chi connectivity index (χ4v) is 3.72. The summed E-state index contributed by atoms with van der Waals surface area (Å²) in [6, 6.07) is 14.8. The first kappa shape index (κ1) is 19.2. The molecule has 1 aromatic heterocycles. The van der Waals surface area contributed by atoms with Gasteiger partial charge in [-0.05, 0) is 56.2 Å². The standard InChI is InChI=1S/C23H26FN5/c1-16-6-4-9-21(18(16)3)28-10-12-29(13-11-28)22-14-17(2)25-23(27-22)26-20-8-5-7-19(24)15-20/h4-9,14-15H,10-13H2,1-3H3,(H,25,26,27). The van der Waals surface area contributed by atoms with Crippen LogP contribution >= 0.6 is 0 Å². The van der Waals surface area contributed by atoms with Crippen molar-refractivity contribution in [1.82, 2.24) is 9.97 Å². The number of hydrogen-bond donors (Lipinski definition) is 1. The van der Waals surface area contributed by atoms with Gasteiger partial charge in [0.2, 0.25) is 5.95 Å². The van der Waals surface area contributed by atoms with Crippen LogP contribution in [0.5, 0.6) is 0 Å². The van der Waals surface area contributed by atoms with Gasteiger partial charge in [0.15, 0.2) is 0 Å². The predicted molar refractivity (Wildman–Crippen MR) is 117 cm³/mol. The van der Waals surface area contributed by atoms with Gasteiger partial charge in [0, 0.05) is 49.3 Å². The molecule has 0 amide bonds. The molecule has 1 aliphatic rings. The van der Waals surface area contributed by atoms with Crippen LogP contribution in [0.4, 0.5) is 27.5 Å². The molecule has 3 aromatic rings. The van der Waals surface area contributed by atoms with Gasteiger partial charge in [0.25, 0.3) is 0 Å². The summed E-state index contributed by atoms with van der Waals surface area (Å²) in [5, 5.41) is 3.11. The molecule has 4 rings (SSSR count). The minimum absolute atomic E-state index is 0.287. The van der Waals surface area contributed by atoms with E-state index in [0.717, 1.165) is 37.7 Å². The van der Waals surface area contributed by atoms with Gasteiger partial charge in [-0.2, -0.15) is 4.98 Å². The van der Waals surface area contributed by atoms with Crippen molar-refractivity contribution >= 4 is 23.1 Å². The number of rotatable bonds is 4. The Balaban J connectivity index is 1.48. The number of aryl methyl sites for hydroxylation is 2. The highest BCUT2D eigenvalue weighted by Gasteiger charge is 2.20. The summed E-state index contributed by atoms with van der Waals surface area (Å²) >= 11 is 0. The largest absolute Gasteiger partial charge is 0.368 e. The zero-order valence-electron chi connectivity index (χ0n) is 17.1. The van der Waals surface area contributed by atoms with Crippen molar-refractivity contribution in [3.05, 3.63) is 71.2 Å². The third-order valence-corrected chi connectivity index (χ3v) is 5.44. The lowest BCUT2D eigenvalue weighted by atomic mass is 10.1. The molecule has 0 aliphatic carbocycles. The molecule has 150 valence electrons. The molecule has 1 fully saturated rings. The molecular formula is C23H26FN5. The molecule has 0 saturated carbocycles. The van der Waals surface area contributed by atoms with Crippen LogP contribution in [0.1, 0.15) is 16.8 Å². The van der Waals surface area contributed by atoms with E-state index in [1.807, 2.05) is 13.0 Å². The van der Waals surface area contributed by atoms with Gasteiger partial charge < -0.3 is 15.1 Å². The van der Waals surface area contributed by atoms with Crippen LogP contribution in [0.3, 0.4) is 0 Å². The van der Waals surface area contributed by atoms with Gasteiger partial charge in [-0.1, -0.05) is 18.2 Å². The van der Waals surface area contributed by atoms with Crippen molar-refractivity contribution in [2.24, 2.45) is 0 Å². The van der Waals surface area contributed by atoms with Crippen LogP contribution < -0.4 is 15.1 Å². The van der Waals surface area contributed by atoms with Gasteiger partial charge in [-0.3, -0.25) is 0 Å². The summed E-state index contributed by atoms with van der Waals surface area (Å²) in [5.74, 6) is 1.10. The maximum absolute atomic E-state index is 13.5. The smallest absolute Gasteiger partial charge is 0.229 e. The number of piperazine rings is 1. The average molecular weight is 391 g/mol. The lowest BCUT2D eigenvalue weighted by molar-refractivity contribution is 0.628. The molecule has 6 heteroatoms. The van der Waals surface area contributed by atoms with E-state index in [9.17, 15) is 4.39 Å². The SMILES string of the molecule is Cc1cc(N2CCN(c3cccc(C)c3C)CC2)nc(Nc2cccc(F)c2)n1. The van der Waals surface area contributed by atoms with Crippen molar-refractivity contribution in [3.63, 3.8) is 0 Å². The number of hydrogen-bond acceptors (Lipinski definition) is 5. The molecule has 1 N–H and O–H groups in total. The van der Waals surface area contributed by atoms with Crippen LogP contribution in [0.15, 0.2) is 48.5 Å². The Morgan fingerprint density at radius 1 is 0.862 bits per heavy atom. The molecule has 1 aliphatic heterocycles. The van der Waals surface area contributed by atoms with E-state index in [0.29, 0.717) is 11.6 Å². The van der Waals surface area contributed by atoms with Crippen molar-refractivity contribution in [3.8, 4) is 0 Å². The van der Waals surface area contributed by atoms with Crippen LogP contribution in [0.2, 0.25) is 0 Å². The fourth-order valence-electron chi connectivity index (χ4n) is 3.72. The van der Waals surface area contributed by atoms with Crippen molar-refractivity contribution < 1.29 is 4.39 Å². The second-order valence-corrected chi connectivity index (χ2v) is 7.52. The summed E-state index contributed by atoms with van der Waals surface area (Å²) < 4.78 is 13.5. The Morgan fingerprint density at radius 2 is 1.59 bits per heavy atom. The number of anilines is 4. The molecule has 2 heterocycles.